The zero-order valence-electron chi connectivity index (χ0n) is 13.6. The molecule has 0 bridgehead atoms. The van der Waals surface area contributed by atoms with Gasteiger partial charge in [0.1, 0.15) is 5.75 Å². The number of hydrogen-bond donors (Lipinski definition) is 2. The van der Waals surface area contributed by atoms with Crippen molar-refractivity contribution in [3.05, 3.63) is 41.1 Å². The molecular weight excluding hydrogens is 288 g/mol. The molecule has 1 fully saturated rings. The van der Waals surface area contributed by atoms with Crippen LogP contribution >= 0.6 is 0 Å². The molecule has 122 valence electrons. The maximum absolute atomic E-state index is 12.5. The van der Waals surface area contributed by atoms with Crippen molar-refractivity contribution in [1.29, 1.82) is 0 Å². The topological polar surface area (TPSA) is 50.4 Å². The summed E-state index contributed by atoms with van der Waals surface area (Å²) in [6, 6.07) is 8.66. The number of hydrogen-bond acceptors (Lipinski definition) is 3. The number of carbonyl (C=O) groups excluding carboxylic acids is 1. The number of methoxy groups -OCH3 is 1. The smallest absolute Gasteiger partial charge is 0.249 e. The van der Waals surface area contributed by atoms with Gasteiger partial charge in [-0.15, -0.1) is 0 Å². The quantitative estimate of drug-likeness (QED) is 0.883. The fourth-order valence-corrected chi connectivity index (χ4v) is 4.55. The number of rotatable bonds is 2. The minimum atomic E-state index is 0.0852. The summed E-state index contributed by atoms with van der Waals surface area (Å²) < 4.78 is 5.58. The number of fused-ring (bicyclic) bond motifs is 1. The van der Waals surface area contributed by atoms with Crippen molar-refractivity contribution in [2.24, 2.45) is 5.92 Å². The van der Waals surface area contributed by atoms with Gasteiger partial charge < -0.3 is 15.4 Å². The highest BCUT2D eigenvalue weighted by molar-refractivity contribution is 5.98. The third kappa shape index (κ3) is 2.50. The summed E-state index contributed by atoms with van der Waals surface area (Å²) in [7, 11) is 1.71. The number of carbonyl (C=O) groups is 1. The van der Waals surface area contributed by atoms with Crippen molar-refractivity contribution < 1.29 is 9.53 Å². The van der Waals surface area contributed by atoms with Crippen LogP contribution in [0, 0.1) is 5.92 Å². The van der Waals surface area contributed by atoms with E-state index < -0.39 is 0 Å². The maximum atomic E-state index is 12.5. The van der Waals surface area contributed by atoms with Crippen LogP contribution in [-0.4, -0.2) is 25.6 Å². The van der Waals surface area contributed by atoms with E-state index in [0.717, 1.165) is 29.0 Å². The number of nitrogens with one attached hydrogen (secondary N) is 2. The van der Waals surface area contributed by atoms with Crippen molar-refractivity contribution in [3.63, 3.8) is 0 Å². The molecule has 1 aromatic rings. The van der Waals surface area contributed by atoms with E-state index in [1.54, 1.807) is 7.11 Å². The normalized spacial score (nSPS) is 30.0. The fraction of sp³-hybridized carbons (Fsp3) is 0.526. The summed E-state index contributed by atoms with van der Waals surface area (Å²) in [6.45, 7) is 0.642. The number of ether oxygens (including phenoxy) is 1. The van der Waals surface area contributed by atoms with Crippen LogP contribution in [0.5, 0.6) is 5.75 Å². The van der Waals surface area contributed by atoms with E-state index in [2.05, 4.69) is 16.7 Å². The average Bonchev–Trinajstić information content (AvgIpc) is 2.86. The molecule has 1 saturated carbocycles. The van der Waals surface area contributed by atoms with E-state index >= 15 is 0 Å². The lowest BCUT2D eigenvalue weighted by Crippen LogP contribution is -2.38. The molecule has 0 unspecified atom stereocenters. The van der Waals surface area contributed by atoms with Gasteiger partial charge in [0.05, 0.1) is 13.7 Å². The highest BCUT2D eigenvalue weighted by Crippen LogP contribution is 2.44. The molecule has 23 heavy (non-hydrogen) atoms. The molecule has 1 amide bonds. The minimum Gasteiger partial charge on any atom is -0.496 e. The molecule has 0 radical (unpaired) electrons. The Labute approximate surface area is 137 Å². The summed E-state index contributed by atoms with van der Waals surface area (Å²) in [5.41, 5.74) is 3.19. The van der Waals surface area contributed by atoms with E-state index in [1.807, 2.05) is 18.2 Å². The maximum Gasteiger partial charge on any atom is 0.249 e. The Bertz CT molecular complexity index is 653. The van der Waals surface area contributed by atoms with Crippen molar-refractivity contribution >= 4 is 5.91 Å². The van der Waals surface area contributed by atoms with Gasteiger partial charge in [0.15, 0.2) is 0 Å². The Kier molecular flexibility index (Phi) is 3.76. The van der Waals surface area contributed by atoms with E-state index in [9.17, 15) is 4.79 Å². The van der Waals surface area contributed by atoms with Crippen LogP contribution < -0.4 is 15.4 Å². The summed E-state index contributed by atoms with van der Waals surface area (Å²) in [4.78, 5) is 12.5. The molecule has 2 aliphatic heterocycles. The summed E-state index contributed by atoms with van der Waals surface area (Å²) >= 11 is 0. The molecule has 2 N–H and O–H groups in total. The predicted molar refractivity (Wildman–Crippen MR) is 89.3 cm³/mol. The second-order valence-corrected chi connectivity index (χ2v) is 6.90. The Hall–Kier alpha value is -1.97. The molecular formula is C19H24N2O2. The first-order valence-electron chi connectivity index (χ1n) is 8.68. The molecule has 0 aromatic heterocycles. The summed E-state index contributed by atoms with van der Waals surface area (Å²) in [6.07, 6.45) is 6.10. The van der Waals surface area contributed by atoms with Crippen LogP contribution in [0.2, 0.25) is 0 Å². The van der Waals surface area contributed by atoms with E-state index in [4.69, 9.17) is 4.74 Å². The lowest BCUT2D eigenvalue weighted by atomic mass is 9.76. The number of para-hydroxylation sites is 1. The lowest BCUT2D eigenvalue weighted by Gasteiger charge is -2.33. The highest BCUT2D eigenvalue weighted by atomic mass is 16.5. The number of amides is 1. The first kappa shape index (κ1) is 14.6. The van der Waals surface area contributed by atoms with Crippen molar-refractivity contribution in [2.75, 3.05) is 13.7 Å². The molecule has 2 heterocycles. The molecule has 4 heteroatoms. The van der Waals surface area contributed by atoms with Gasteiger partial charge in [0.2, 0.25) is 5.91 Å². The zero-order chi connectivity index (χ0) is 15.8. The molecule has 0 saturated heterocycles. The minimum absolute atomic E-state index is 0.0852. The third-order valence-electron chi connectivity index (χ3n) is 5.67. The largest absolute Gasteiger partial charge is 0.496 e. The average molecular weight is 312 g/mol. The zero-order valence-corrected chi connectivity index (χ0v) is 13.6. The van der Waals surface area contributed by atoms with Crippen LogP contribution in [0.25, 0.3) is 0 Å². The van der Waals surface area contributed by atoms with Gasteiger partial charge in [-0.1, -0.05) is 31.0 Å². The van der Waals surface area contributed by atoms with E-state index in [0.29, 0.717) is 18.5 Å². The first-order valence-corrected chi connectivity index (χ1v) is 8.68. The Morgan fingerprint density at radius 3 is 2.87 bits per heavy atom. The molecule has 3 aliphatic rings. The second kappa shape index (κ2) is 5.91. The van der Waals surface area contributed by atoms with Crippen molar-refractivity contribution in [1.82, 2.24) is 10.6 Å². The van der Waals surface area contributed by atoms with E-state index in [1.165, 1.54) is 25.7 Å². The van der Waals surface area contributed by atoms with Gasteiger partial charge in [0, 0.05) is 28.8 Å². The Balaban J connectivity index is 1.78. The third-order valence-corrected chi connectivity index (χ3v) is 5.67. The van der Waals surface area contributed by atoms with Gasteiger partial charge in [-0.25, -0.2) is 0 Å². The van der Waals surface area contributed by atoms with E-state index in [-0.39, 0.29) is 11.8 Å². The van der Waals surface area contributed by atoms with Gasteiger partial charge in [-0.3, -0.25) is 4.79 Å². The molecule has 1 aliphatic carbocycles. The van der Waals surface area contributed by atoms with Crippen molar-refractivity contribution in [2.45, 2.75) is 44.1 Å². The molecule has 4 nitrogen and oxygen atoms in total. The lowest BCUT2D eigenvalue weighted by molar-refractivity contribution is -0.116. The van der Waals surface area contributed by atoms with Crippen LogP contribution in [0.1, 0.15) is 43.6 Å². The Morgan fingerprint density at radius 2 is 2.00 bits per heavy atom. The first-order chi connectivity index (χ1) is 11.3. The SMILES string of the molecule is COc1ccccc1[C@H]1C[C@@H]2CCCC[C@H]2NC2=C1C(=O)NC2. The standard InChI is InChI=1S/C19H24N2O2/c1-23-17-9-5-3-7-13(17)14-10-12-6-2-4-8-15(12)21-16-11-20-19(22)18(14)16/h3,5,7,9,12,14-15,21H,2,4,6,8,10-11H2,1H3,(H,20,22)/t12-,14+,15+/m0/s1. The molecule has 3 atom stereocenters. The monoisotopic (exact) mass is 312 g/mol. The number of benzene rings is 1. The van der Waals surface area contributed by atoms with Gasteiger partial charge in [-0.05, 0) is 31.2 Å². The fourth-order valence-electron chi connectivity index (χ4n) is 4.55. The molecule has 4 rings (SSSR count). The molecule has 1 aromatic carbocycles. The van der Waals surface area contributed by atoms with Crippen LogP contribution in [0.4, 0.5) is 0 Å². The predicted octanol–water partition coefficient (Wildman–Crippen LogP) is 2.71. The molecule has 0 spiro atoms. The van der Waals surface area contributed by atoms with Gasteiger partial charge in [-0.2, -0.15) is 0 Å². The van der Waals surface area contributed by atoms with Crippen LogP contribution in [0.15, 0.2) is 35.5 Å². The highest BCUT2D eigenvalue weighted by Gasteiger charge is 2.40. The van der Waals surface area contributed by atoms with Gasteiger partial charge >= 0.3 is 0 Å². The second-order valence-electron chi connectivity index (χ2n) is 6.90. The van der Waals surface area contributed by atoms with Crippen LogP contribution in [-0.2, 0) is 4.79 Å². The van der Waals surface area contributed by atoms with Crippen molar-refractivity contribution in [3.8, 4) is 5.75 Å². The summed E-state index contributed by atoms with van der Waals surface area (Å²) in [5, 5.41) is 6.71. The van der Waals surface area contributed by atoms with Gasteiger partial charge in [0.25, 0.3) is 0 Å². The summed E-state index contributed by atoms with van der Waals surface area (Å²) in [5.74, 6) is 1.74. The Morgan fingerprint density at radius 1 is 1.17 bits per heavy atom. The van der Waals surface area contributed by atoms with Crippen LogP contribution in [0.3, 0.4) is 0 Å².